The molecule has 0 aliphatic heterocycles. The Labute approximate surface area is 90.0 Å². The van der Waals surface area contributed by atoms with E-state index in [0.717, 1.165) is 31.3 Å². The van der Waals surface area contributed by atoms with Crippen LogP contribution in [0.3, 0.4) is 0 Å². The highest BCUT2D eigenvalue weighted by molar-refractivity contribution is 4.92. The molecule has 0 aliphatic carbocycles. The number of hydrogen-bond acceptors (Lipinski definition) is 1. The Bertz CT molecular complexity index is 149. The smallest absolute Gasteiger partial charge is 0.00229 e. The molecule has 14 heavy (non-hydrogen) atoms. The number of hydrogen-bond donors (Lipinski definition) is 1. The van der Waals surface area contributed by atoms with Gasteiger partial charge in [0.25, 0.3) is 0 Å². The van der Waals surface area contributed by atoms with Gasteiger partial charge >= 0.3 is 0 Å². The summed E-state index contributed by atoms with van der Waals surface area (Å²) in [6.07, 6.45) is 3.60. The first kappa shape index (κ1) is 13.7. The van der Waals surface area contributed by atoms with Crippen molar-refractivity contribution in [1.82, 2.24) is 5.32 Å². The molecule has 0 heterocycles. The predicted molar refractivity (Wildman–Crippen MR) is 65.5 cm³/mol. The minimum Gasteiger partial charge on any atom is -0.316 e. The average Bonchev–Trinajstić information content (AvgIpc) is 2.13. The van der Waals surface area contributed by atoms with Crippen molar-refractivity contribution in [3.63, 3.8) is 0 Å². The first-order chi connectivity index (χ1) is 6.56. The van der Waals surface area contributed by atoms with Crippen molar-refractivity contribution < 1.29 is 0 Å². The summed E-state index contributed by atoms with van der Waals surface area (Å²) in [7, 11) is 0. The third-order valence-corrected chi connectivity index (χ3v) is 2.54. The molecule has 0 saturated heterocycles. The lowest BCUT2D eigenvalue weighted by Crippen LogP contribution is -2.25. The van der Waals surface area contributed by atoms with Gasteiger partial charge in [-0.25, -0.2) is 0 Å². The molecule has 1 heteroatoms. The fourth-order valence-corrected chi connectivity index (χ4v) is 1.35. The third kappa shape index (κ3) is 8.31. The van der Waals surface area contributed by atoms with Gasteiger partial charge in [-0.2, -0.15) is 0 Å². The topological polar surface area (TPSA) is 12.0 Å². The van der Waals surface area contributed by atoms with Crippen LogP contribution < -0.4 is 5.32 Å². The van der Waals surface area contributed by atoms with Crippen molar-refractivity contribution in [2.24, 2.45) is 11.8 Å². The molecule has 1 nitrogen and oxygen atoms in total. The van der Waals surface area contributed by atoms with Gasteiger partial charge < -0.3 is 5.32 Å². The SMILES string of the molecule is C=C(CC)CCC(C)CNCC(C)C. The van der Waals surface area contributed by atoms with Crippen LogP contribution in [0.5, 0.6) is 0 Å². The summed E-state index contributed by atoms with van der Waals surface area (Å²) >= 11 is 0. The van der Waals surface area contributed by atoms with Crippen LogP contribution in [0, 0.1) is 11.8 Å². The molecule has 0 aromatic rings. The normalized spacial score (nSPS) is 13.2. The maximum atomic E-state index is 4.03. The maximum Gasteiger partial charge on any atom is -0.00229 e. The van der Waals surface area contributed by atoms with Gasteiger partial charge in [0.15, 0.2) is 0 Å². The van der Waals surface area contributed by atoms with Gasteiger partial charge in [-0.05, 0) is 44.2 Å². The van der Waals surface area contributed by atoms with Gasteiger partial charge in [0.1, 0.15) is 0 Å². The second-order valence-corrected chi connectivity index (χ2v) is 4.80. The van der Waals surface area contributed by atoms with Gasteiger partial charge in [-0.3, -0.25) is 0 Å². The van der Waals surface area contributed by atoms with Crippen molar-refractivity contribution in [3.8, 4) is 0 Å². The highest BCUT2D eigenvalue weighted by atomic mass is 14.9. The van der Waals surface area contributed by atoms with E-state index in [2.05, 4.69) is 39.6 Å². The van der Waals surface area contributed by atoms with Crippen molar-refractivity contribution in [2.75, 3.05) is 13.1 Å². The first-order valence-corrected chi connectivity index (χ1v) is 5.93. The number of allylic oxidation sites excluding steroid dienone is 1. The predicted octanol–water partition coefficient (Wildman–Crippen LogP) is 3.61. The molecular formula is C13H27N. The van der Waals surface area contributed by atoms with Crippen LogP contribution in [0.25, 0.3) is 0 Å². The van der Waals surface area contributed by atoms with Crippen LogP contribution in [0.2, 0.25) is 0 Å². The minimum absolute atomic E-state index is 0.757. The van der Waals surface area contributed by atoms with Gasteiger partial charge in [-0.15, -0.1) is 0 Å². The summed E-state index contributed by atoms with van der Waals surface area (Å²) in [5.74, 6) is 1.53. The van der Waals surface area contributed by atoms with Crippen LogP contribution in [0.4, 0.5) is 0 Å². The molecule has 0 fully saturated rings. The highest BCUT2D eigenvalue weighted by Crippen LogP contribution is 2.12. The van der Waals surface area contributed by atoms with E-state index >= 15 is 0 Å². The van der Waals surface area contributed by atoms with Crippen molar-refractivity contribution in [3.05, 3.63) is 12.2 Å². The van der Waals surface area contributed by atoms with Gasteiger partial charge in [0, 0.05) is 0 Å². The fraction of sp³-hybridized carbons (Fsp3) is 0.846. The van der Waals surface area contributed by atoms with E-state index in [0.29, 0.717) is 0 Å². The van der Waals surface area contributed by atoms with Crippen molar-refractivity contribution in [2.45, 2.75) is 47.0 Å². The van der Waals surface area contributed by atoms with E-state index in [-0.39, 0.29) is 0 Å². The largest absolute Gasteiger partial charge is 0.316 e. The van der Waals surface area contributed by atoms with E-state index < -0.39 is 0 Å². The maximum absolute atomic E-state index is 4.03. The quantitative estimate of drug-likeness (QED) is 0.586. The second-order valence-electron chi connectivity index (χ2n) is 4.80. The van der Waals surface area contributed by atoms with Crippen molar-refractivity contribution in [1.29, 1.82) is 0 Å². The zero-order chi connectivity index (χ0) is 11.0. The second kappa shape index (κ2) is 8.05. The van der Waals surface area contributed by atoms with Crippen molar-refractivity contribution >= 4 is 0 Å². The Hall–Kier alpha value is -0.300. The molecular weight excluding hydrogens is 170 g/mol. The van der Waals surface area contributed by atoms with Crippen LogP contribution in [-0.2, 0) is 0 Å². The van der Waals surface area contributed by atoms with E-state index in [9.17, 15) is 0 Å². The standard InChI is InChI=1S/C13H27N/c1-6-12(4)7-8-13(5)10-14-9-11(2)3/h11,13-14H,4,6-10H2,1-3,5H3. The molecule has 0 rings (SSSR count). The van der Waals surface area contributed by atoms with E-state index in [1.165, 1.54) is 18.4 Å². The molecule has 0 aromatic carbocycles. The Kier molecular flexibility index (Phi) is 7.87. The summed E-state index contributed by atoms with van der Waals surface area (Å²) in [5.41, 5.74) is 1.39. The number of nitrogens with one attached hydrogen (secondary N) is 1. The zero-order valence-electron chi connectivity index (χ0n) is 10.4. The molecule has 0 aromatic heterocycles. The highest BCUT2D eigenvalue weighted by Gasteiger charge is 2.02. The Morgan fingerprint density at radius 3 is 2.36 bits per heavy atom. The molecule has 0 saturated carbocycles. The lowest BCUT2D eigenvalue weighted by molar-refractivity contribution is 0.452. The summed E-state index contributed by atoms with van der Waals surface area (Å²) in [6.45, 7) is 15.3. The van der Waals surface area contributed by atoms with Gasteiger partial charge in [0.05, 0.1) is 0 Å². The first-order valence-electron chi connectivity index (χ1n) is 5.93. The van der Waals surface area contributed by atoms with E-state index in [1.807, 2.05) is 0 Å². The molecule has 1 atom stereocenters. The lowest BCUT2D eigenvalue weighted by Gasteiger charge is -2.14. The number of rotatable bonds is 8. The lowest BCUT2D eigenvalue weighted by atomic mass is 10.0. The van der Waals surface area contributed by atoms with Crippen LogP contribution in [-0.4, -0.2) is 13.1 Å². The van der Waals surface area contributed by atoms with Crippen LogP contribution >= 0.6 is 0 Å². The zero-order valence-corrected chi connectivity index (χ0v) is 10.4. The summed E-state index contributed by atoms with van der Waals surface area (Å²) in [5, 5.41) is 3.50. The van der Waals surface area contributed by atoms with Crippen LogP contribution in [0.1, 0.15) is 47.0 Å². The summed E-state index contributed by atoms with van der Waals surface area (Å²) in [4.78, 5) is 0. The Balaban J connectivity index is 3.36. The Morgan fingerprint density at radius 2 is 1.86 bits per heavy atom. The minimum atomic E-state index is 0.757. The van der Waals surface area contributed by atoms with Gasteiger partial charge in [0.2, 0.25) is 0 Å². The summed E-state index contributed by atoms with van der Waals surface area (Å²) in [6, 6.07) is 0. The fourth-order valence-electron chi connectivity index (χ4n) is 1.35. The van der Waals surface area contributed by atoms with Crippen LogP contribution in [0.15, 0.2) is 12.2 Å². The Morgan fingerprint density at radius 1 is 1.21 bits per heavy atom. The molecule has 84 valence electrons. The molecule has 0 spiro atoms. The molecule has 0 aliphatic rings. The van der Waals surface area contributed by atoms with Gasteiger partial charge in [-0.1, -0.05) is 39.8 Å². The summed E-state index contributed by atoms with van der Waals surface area (Å²) < 4.78 is 0. The molecule has 1 N–H and O–H groups in total. The molecule has 0 bridgehead atoms. The molecule has 1 unspecified atom stereocenters. The van der Waals surface area contributed by atoms with E-state index in [4.69, 9.17) is 0 Å². The molecule has 0 amide bonds. The van der Waals surface area contributed by atoms with E-state index in [1.54, 1.807) is 0 Å². The third-order valence-electron chi connectivity index (χ3n) is 2.54. The monoisotopic (exact) mass is 197 g/mol. The average molecular weight is 197 g/mol. The molecule has 0 radical (unpaired) electrons.